The molecule has 112 valence electrons. The van der Waals surface area contributed by atoms with Gasteiger partial charge in [0.15, 0.2) is 5.78 Å². The molecule has 1 amide bonds. The first-order valence-electron chi connectivity index (χ1n) is 7.30. The Bertz CT molecular complexity index is 592. The average Bonchev–Trinajstić information content (AvgIpc) is 2.90. The van der Waals surface area contributed by atoms with E-state index in [2.05, 4.69) is 39.1 Å². The molecule has 0 aliphatic heterocycles. The van der Waals surface area contributed by atoms with Crippen LogP contribution in [0.4, 0.5) is 5.69 Å². The Kier molecular flexibility index (Phi) is 4.04. The van der Waals surface area contributed by atoms with Crippen molar-refractivity contribution >= 4 is 17.4 Å². The monoisotopic (exact) mass is 285 g/mol. The second kappa shape index (κ2) is 5.47. The van der Waals surface area contributed by atoms with Crippen LogP contribution in [-0.2, 0) is 4.79 Å². The van der Waals surface area contributed by atoms with E-state index in [-0.39, 0.29) is 23.0 Å². The number of hydrogen-bond donors (Lipinski definition) is 1. The van der Waals surface area contributed by atoms with Crippen molar-refractivity contribution in [2.24, 2.45) is 17.3 Å². The zero-order valence-electron chi connectivity index (χ0n) is 13.4. The quantitative estimate of drug-likeness (QED) is 0.669. The minimum atomic E-state index is 0.0138. The lowest BCUT2D eigenvalue weighted by Crippen LogP contribution is -2.16. The Morgan fingerprint density at radius 3 is 2.14 bits per heavy atom. The number of anilines is 1. The van der Waals surface area contributed by atoms with Crippen molar-refractivity contribution in [2.75, 3.05) is 5.32 Å². The van der Waals surface area contributed by atoms with Crippen LogP contribution in [0.5, 0.6) is 0 Å². The number of benzene rings is 1. The maximum absolute atomic E-state index is 12.4. The number of carbonyl (C=O) groups excluding carboxylic acids is 2. The molecule has 1 aliphatic carbocycles. The zero-order valence-corrected chi connectivity index (χ0v) is 13.4. The van der Waals surface area contributed by atoms with Gasteiger partial charge in [0.05, 0.1) is 5.92 Å². The van der Waals surface area contributed by atoms with Crippen molar-refractivity contribution in [1.82, 2.24) is 0 Å². The zero-order chi connectivity index (χ0) is 15.8. The van der Waals surface area contributed by atoms with Gasteiger partial charge in [-0.25, -0.2) is 0 Å². The Morgan fingerprint density at radius 1 is 1.10 bits per heavy atom. The van der Waals surface area contributed by atoms with Gasteiger partial charge in [-0.15, -0.1) is 0 Å². The first-order valence-corrected chi connectivity index (χ1v) is 7.30. The first-order chi connectivity index (χ1) is 9.73. The van der Waals surface area contributed by atoms with Crippen LogP contribution in [0.3, 0.4) is 0 Å². The fourth-order valence-electron chi connectivity index (χ4n) is 2.86. The Morgan fingerprint density at radius 2 is 1.67 bits per heavy atom. The SMILES string of the molecule is CC(=O)c1ccc(NC(=O)[C@H]2[C@H](C=C(C)C)C2(C)C)cc1. The van der Waals surface area contributed by atoms with Crippen molar-refractivity contribution in [2.45, 2.75) is 34.6 Å². The molecule has 1 aromatic rings. The molecule has 0 saturated heterocycles. The summed E-state index contributed by atoms with van der Waals surface area (Å²) in [5.41, 5.74) is 2.65. The van der Waals surface area contributed by atoms with Crippen molar-refractivity contribution in [3.63, 3.8) is 0 Å². The number of rotatable bonds is 4. The lowest BCUT2D eigenvalue weighted by atomic mass is 10.1. The highest BCUT2D eigenvalue weighted by atomic mass is 16.2. The number of allylic oxidation sites excluding steroid dienone is 2. The van der Waals surface area contributed by atoms with E-state index in [1.165, 1.54) is 12.5 Å². The van der Waals surface area contributed by atoms with Crippen LogP contribution in [0.1, 0.15) is 45.0 Å². The highest BCUT2D eigenvalue weighted by Crippen LogP contribution is 2.59. The van der Waals surface area contributed by atoms with Crippen molar-refractivity contribution in [3.05, 3.63) is 41.5 Å². The second-order valence-electron chi connectivity index (χ2n) is 6.69. The maximum Gasteiger partial charge on any atom is 0.228 e. The van der Waals surface area contributed by atoms with Gasteiger partial charge in [0.25, 0.3) is 0 Å². The lowest BCUT2D eigenvalue weighted by molar-refractivity contribution is -0.118. The smallest absolute Gasteiger partial charge is 0.228 e. The summed E-state index contributed by atoms with van der Waals surface area (Å²) in [5, 5.41) is 2.95. The first kappa shape index (κ1) is 15.5. The molecule has 0 radical (unpaired) electrons. The normalized spacial score (nSPS) is 22.3. The molecule has 2 rings (SSSR count). The molecule has 0 unspecified atom stereocenters. The molecule has 0 bridgehead atoms. The molecule has 1 fully saturated rings. The number of nitrogens with one attached hydrogen (secondary N) is 1. The molecule has 0 aromatic heterocycles. The summed E-state index contributed by atoms with van der Waals surface area (Å²) in [4.78, 5) is 23.6. The topological polar surface area (TPSA) is 46.2 Å². The molecule has 2 atom stereocenters. The number of carbonyl (C=O) groups is 2. The molecule has 21 heavy (non-hydrogen) atoms. The Labute approximate surface area is 126 Å². The molecule has 0 spiro atoms. The minimum Gasteiger partial charge on any atom is -0.326 e. The summed E-state index contributed by atoms with van der Waals surface area (Å²) >= 11 is 0. The summed E-state index contributed by atoms with van der Waals surface area (Å²) in [6.45, 7) is 9.90. The van der Waals surface area contributed by atoms with E-state index < -0.39 is 0 Å². The largest absolute Gasteiger partial charge is 0.326 e. The van der Waals surface area contributed by atoms with Crippen LogP contribution in [0.15, 0.2) is 35.9 Å². The fourth-order valence-corrected chi connectivity index (χ4v) is 2.86. The Hall–Kier alpha value is -1.90. The van der Waals surface area contributed by atoms with Crippen LogP contribution in [-0.4, -0.2) is 11.7 Å². The highest BCUT2D eigenvalue weighted by molar-refractivity contribution is 5.97. The third-order valence-corrected chi connectivity index (χ3v) is 4.27. The second-order valence-corrected chi connectivity index (χ2v) is 6.69. The molecule has 1 aromatic carbocycles. The average molecular weight is 285 g/mol. The number of hydrogen-bond acceptors (Lipinski definition) is 2. The van der Waals surface area contributed by atoms with Crippen molar-refractivity contribution in [1.29, 1.82) is 0 Å². The van der Waals surface area contributed by atoms with E-state index in [4.69, 9.17) is 0 Å². The van der Waals surface area contributed by atoms with Crippen LogP contribution < -0.4 is 5.32 Å². The number of amides is 1. The molecular formula is C18H23NO2. The van der Waals surface area contributed by atoms with Crippen LogP contribution >= 0.6 is 0 Å². The predicted molar refractivity (Wildman–Crippen MR) is 85.3 cm³/mol. The van der Waals surface area contributed by atoms with Gasteiger partial charge in [-0.3, -0.25) is 9.59 Å². The molecular weight excluding hydrogens is 262 g/mol. The van der Waals surface area contributed by atoms with E-state index in [1.807, 2.05) is 0 Å². The van der Waals surface area contributed by atoms with E-state index in [0.717, 1.165) is 5.69 Å². The third-order valence-electron chi connectivity index (χ3n) is 4.27. The standard InChI is InChI=1S/C18H23NO2/c1-11(2)10-15-16(18(15,4)5)17(21)19-14-8-6-13(7-9-14)12(3)20/h6-10,15-16H,1-5H3,(H,19,21)/t15-,16+/m0/s1. The molecule has 1 N–H and O–H groups in total. The van der Waals surface area contributed by atoms with E-state index in [0.29, 0.717) is 11.5 Å². The molecule has 3 nitrogen and oxygen atoms in total. The summed E-state index contributed by atoms with van der Waals surface area (Å²) < 4.78 is 0. The summed E-state index contributed by atoms with van der Waals surface area (Å²) in [6.07, 6.45) is 2.18. The van der Waals surface area contributed by atoms with Crippen LogP contribution in [0.2, 0.25) is 0 Å². The van der Waals surface area contributed by atoms with E-state index >= 15 is 0 Å². The summed E-state index contributed by atoms with van der Waals surface area (Å²) in [7, 11) is 0. The van der Waals surface area contributed by atoms with Gasteiger partial charge in [-0.2, -0.15) is 0 Å². The third kappa shape index (κ3) is 3.23. The van der Waals surface area contributed by atoms with Gasteiger partial charge in [0, 0.05) is 11.3 Å². The van der Waals surface area contributed by atoms with Crippen LogP contribution in [0.25, 0.3) is 0 Å². The van der Waals surface area contributed by atoms with Gasteiger partial charge in [-0.1, -0.05) is 25.5 Å². The molecule has 1 aliphatic rings. The van der Waals surface area contributed by atoms with E-state index in [9.17, 15) is 9.59 Å². The van der Waals surface area contributed by atoms with E-state index in [1.54, 1.807) is 24.3 Å². The van der Waals surface area contributed by atoms with Gasteiger partial charge < -0.3 is 5.32 Å². The fraction of sp³-hybridized carbons (Fsp3) is 0.444. The highest BCUT2D eigenvalue weighted by Gasteiger charge is 2.60. The van der Waals surface area contributed by atoms with Crippen molar-refractivity contribution < 1.29 is 9.59 Å². The molecule has 3 heteroatoms. The predicted octanol–water partition coefficient (Wildman–Crippen LogP) is 4.07. The van der Waals surface area contributed by atoms with Gasteiger partial charge in [0.1, 0.15) is 0 Å². The molecule has 1 saturated carbocycles. The number of ketones is 1. The van der Waals surface area contributed by atoms with Crippen LogP contribution in [0, 0.1) is 17.3 Å². The van der Waals surface area contributed by atoms with Crippen molar-refractivity contribution in [3.8, 4) is 0 Å². The minimum absolute atomic E-state index is 0.0138. The molecule has 0 heterocycles. The summed E-state index contributed by atoms with van der Waals surface area (Å²) in [6, 6.07) is 7.03. The lowest BCUT2D eigenvalue weighted by Gasteiger charge is -2.06. The number of Topliss-reactive ketones (excluding diaryl/α,β-unsaturated/α-hetero) is 1. The summed E-state index contributed by atoms with van der Waals surface area (Å²) in [5.74, 6) is 0.400. The maximum atomic E-state index is 12.4. The Balaban J connectivity index is 2.05. The van der Waals surface area contributed by atoms with Gasteiger partial charge in [-0.05, 0) is 56.4 Å². The van der Waals surface area contributed by atoms with Gasteiger partial charge >= 0.3 is 0 Å². The van der Waals surface area contributed by atoms with Gasteiger partial charge in [0.2, 0.25) is 5.91 Å².